The van der Waals surface area contributed by atoms with E-state index in [-0.39, 0.29) is 16.7 Å². The first-order chi connectivity index (χ1) is 18.3. The van der Waals surface area contributed by atoms with Gasteiger partial charge in [0, 0.05) is 18.2 Å². The molecule has 0 saturated carbocycles. The third-order valence-corrected chi connectivity index (χ3v) is 5.51. The van der Waals surface area contributed by atoms with Crippen molar-refractivity contribution in [3.8, 4) is 17.2 Å². The number of aryl methyl sites for hydroxylation is 1. The summed E-state index contributed by atoms with van der Waals surface area (Å²) in [7, 11) is 0. The van der Waals surface area contributed by atoms with Crippen LogP contribution in [-0.2, 0) is 6.18 Å². The van der Waals surface area contributed by atoms with Gasteiger partial charge in [-0.05, 0) is 38.1 Å². The molecule has 0 spiro atoms. The number of halogens is 3. The quantitative estimate of drug-likeness (QED) is 0.119. The number of carbonyl (C=O) groups excluding carboxylic acids is 1. The van der Waals surface area contributed by atoms with E-state index >= 15 is 0 Å². The smallest absolute Gasteiger partial charge is 0.449 e. The van der Waals surface area contributed by atoms with Gasteiger partial charge in [0.2, 0.25) is 11.2 Å². The van der Waals surface area contributed by atoms with E-state index in [0.717, 1.165) is 42.8 Å². The summed E-state index contributed by atoms with van der Waals surface area (Å²) in [5.41, 5.74) is -3.22. The van der Waals surface area contributed by atoms with Crippen LogP contribution in [0.4, 0.5) is 24.5 Å². The van der Waals surface area contributed by atoms with Gasteiger partial charge in [0.25, 0.3) is 17.1 Å². The molecule has 0 saturated heterocycles. The molecule has 1 aromatic heterocycles. The molecule has 3 aromatic carbocycles. The lowest BCUT2D eigenvalue weighted by atomic mass is 10.1. The average molecular weight is 544 g/mol. The summed E-state index contributed by atoms with van der Waals surface area (Å²) in [5.74, 6) is -4.54. The molecular weight excluding hydrogens is 529 g/mol. The fourth-order valence-corrected chi connectivity index (χ4v) is 3.57. The number of hydrogen-bond donors (Lipinski definition) is 0. The number of nitro groups is 2. The van der Waals surface area contributed by atoms with Gasteiger partial charge in [-0.1, -0.05) is 17.7 Å². The molecule has 39 heavy (non-hydrogen) atoms. The molecule has 200 valence electrons. The molecule has 0 aliphatic carbocycles. The number of nitro benzene ring substituents is 2. The number of nitrogens with zero attached hydrogens (tertiary/aromatic N) is 2. The first-order valence-electron chi connectivity index (χ1n) is 10.8. The Morgan fingerprint density at radius 1 is 0.897 bits per heavy atom. The van der Waals surface area contributed by atoms with E-state index < -0.39 is 67.2 Å². The monoisotopic (exact) mass is 544 g/mol. The Morgan fingerprint density at radius 3 is 2.00 bits per heavy atom. The number of esters is 1. The second kappa shape index (κ2) is 9.89. The van der Waals surface area contributed by atoms with Crippen LogP contribution in [0.2, 0.25) is 0 Å². The summed E-state index contributed by atoms with van der Waals surface area (Å²) in [6, 6.07) is 10.4. The fourth-order valence-electron chi connectivity index (χ4n) is 3.57. The highest BCUT2D eigenvalue weighted by Gasteiger charge is 2.40. The van der Waals surface area contributed by atoms with Crippen LogP contribution >= 0.6 is 0 Å². The number of fused-ring (bicyclic) bond motifs is 1. The van der Waals surface area contributed by atoms with Crippen molar-refractivity contribution in [1.82, 2.24) is 0 Å². The van der Waals surface area contributed by atoms with Crippen molar-refractivity contribution in [1.29, 1.82) is 0 Å². The normalized spacial score (nSPS) is 11.3. The lowest BCUT2D eigenvalue weighted by Gasteiger charge is -2.14. The van der Waals surface area contributed by atoms with Crippen LogP contribution in [0.1, 0.15) is 27.2 Å². The molecule has 4 rings (SSSR count). The van der Waals surface area contributed by atoms with Gasteiger partial charge in [-0.25, -0.2) is 4.79 Å². The lowest BCUT2D eigenvalue weighted by Crippen LogP contribution is -2.15. The maximum Gasteiger partial charge on any atom is 0.453 e. The Morgan fingerprint density at radius 2 is 1.46 bits per heavy atom. The van der Waals surface area contributed by atoms with Crippen LogP contribution in [0.5, 0.6) is 17.2 Å². The zero-order valence-electron chi connectivity index (χ0n) is 19.9. The molecular formula is C25H15F3N2O9. The molecule has 0 aliphatic heterocycles. The highest BCUT2D eigenvalue weighted by Crippen LogP contribution is 2.39. The van der Waals surface area contributed by atoms with E-state index in [1.807, 2.05) is 0 Å². The lowest BCUT2D eigenvalue weighted by molar-refractivity contribution is -0.395. The van der Waals surface area contributed by atoms with E-state index in [1.54, 1.807) is 19.1 Å². The predicted molar refractivity (Wildman–Crippen MR) is 128 cm³/mol. The number of ether oxygens (including phenoxy) is 2. The fraction of sp³-hybridized carbons (Fsp3) is 0.120. The van der Waals surface area contributed by atoms with Crippen molar-refractivity contribution in [2.24, 2.45) is 0 Å². The largest absolute Gasteiger partial charge is 0.453 e. The van der Waals surface area contributed by atoms with Gasteiger partial charge in [0.15, 0.2) is 0 Å². The third-order valence-electron chi connectivity index (χ3n) is 5.51. The Balaban J connectivity index is 1.75. The second-order valence-electron chi connectivity index (χ2n) is 8.20. The zero-order chi connectivity index (χ0) is 28.6. The van der Waals surface area contributed by atoms with Crippen LogP contribution in [0.25, 0.3) is 11.0 Å². The van der Waals surface area contributed by atoms with Crippen LogP contribution in [0.15, 0.2) is 63.8 Å². The number of alkyl halides is 3. The van der Waals surface area contributed by atoms with Crippen molar-refractivity contribution >= 4 is 28.3 Å². The van der Waals surface area contributed by atoms with Gasteiger partial charge in [0.05, 0.1) is 20.8 Å². The van der Waals surface area contributed by atoms with Crippen LogP contribution in [0.3, 0.4) is 0 Å². The van der Waals surface area contributed by atoms with Crippen molar-refractivity contribution in [2.45, 2.75) is 20.0 Å². The Labute approximate surface area is 215 Å². The van der Waals surface area contributed by atoms with E-state index in [0.29, 0.717) is 0 Å². The first kappa shape index (κ1) is 26.8. The molecule has 4 aromatic rings. The molecule has 0 N–H and O–H groups in total. The van der Waals surface area contributed by atoms with Gasteiger partial charge in [-0.2, -0.15) is 13.2 Å². The number of hydrogen-bond acceptors (Lipinski definition) is 9. The summed E-state index contributed by atoms with van der Waals surface area (Å²) < 4.78 is 56.6. The van der Waals surface area contributed by atoms with Gasteiger partial charge >= 0.3 is 12.1 Å². The van der Waals surface area contributed by atoms with Crippen molar-refractivity contribution < 1.29 is 41.7 Å². The summed E-state index contributed by atoms with van der Waals surface area (Å²) >= 11 is 0. The van der Waals surface area contributed by atoms with Crippen molar-refractivity contribution in [2.75, 3.05) is 0 Å². The first-order valence-corrected chi connectivity index (χ1v) is 10.8. The second-order valence-corrected chi connectivity index (χ2v) is 8.20. The molecule has 0 radical (unpaired) electrons. The molecule has 14 heteroatoms. The Hall–Kier alpha value is -5.27. The minimum atomic E-state index is -5.14. The number of carbonyl (C=O) groups is 1. The highest BCUT2D eigenvalue weighted by molar-refractivity contribution is 5.93. The predicted octanol–water partition coefficient (Wildman–Crippen LogP) is 6.26. The molecule has 0 aliphatic rings. The van der Waals surface area contributed by atoms with E-state index in [9.17, 15) is 43.0 Å². The van der Waals surface area contributed by atoms with Gasteiger partial charge in [0.1, 0.15) is 22.6 Å². The molecule has 0 fully saturated rings. The molecule has 11 nitrogen and oxygen atoms in total. The molecule has 0 bridgehead atoms. The van der Waals surface area contributed by atoms with Crippen molar-refractivity contribution in [3.63, 3.8) is 0 Å². The van der Waals surface area contributed by atoms with Crippen LogP contribution < -0.4 is 14.9 Å². The van der Waals surface area contributed by atoms with E-state index in [4.69, 9.17) is 13.9 Å². The molecule has 1 heterocycles. The summed E-state index contributed by atoms with van der Waals surface area (Å²) in [6.45, 7) is 2.88. The maximum atomic E-state index is 13.8. The standard InChI is InChI=1S/C25H15F3N2O9/c1-12-3-5-15(6-4-12)37-22-21(31)17-8-7-16(11-20(17)39-23(22)25(26,27)28)38-24(32)14-9-18(29(33)34)13(2)19(10-14)30(35)36/h3-11H,1-2H3. The third kappa shape index (κ3) is 5.39. The summed E-state index contributed by atoms with van der Waals surface area (Å²) in [4.78, 5) is 46.3. The molecule has 0 amide bonds. The summed E-state index contributed by atoms with van der Waals surface area (Å²) in [5, 5.41) is 22.2. The SMILES string of the molecule is Cc1ccc(Oc2c(C(F)(F)F)oc3cc(OC(=O)c4cc([N+](=O)[O-])c(C)c([N+](=O)[O-])c4)ccc3c2=O)cc1. The number of rotatable bonds is 6. The molecule has 0 atom stereocenters. The van der Waals surface area contributed by atoms with Crippen LogP contribution in [-0.4, -0.2) is 15.8 Å². The number of benzene rings is 3. The Bertz CT molecular complexity index is 1680. The Kier molecular flexibility index (Phi) is 6.79. The summed E-state index contributed by atoms with van der Waals surface area (Å²) in [6.07, 6.45) is -5.14. The van der Waals surface area contributed by atoms with E-state index in [1.165, 1.54) is 12.1 Å². The maximum absolute atomic E-state index is 13.8. The van der Waals surface area contributed by atoms with Crippen LogP contribution in [0, 0.1) is 34.1 Å². The van der Waals surface area contributed by atoms with Gasteiger partial charge in [-0.3, -0.25) is 25.0 Å². The van der Waals surface area contributed by atoms with Crippen molar-refractivity contribution in [3.05, 3.63) is 107 Å². The molecule has 0 unspecified atom stereocenters. The minimum Gasteiger partial charge on any atom is -0.449 e. The van der Waals surface area contributed by atoms with Gasteiger partial charge in [-0.15, -0.1) is 0 Å². The topological polar surface area (TPSA) is 152 Å². The van der Waals surface area contributed by atoms with E-state index in [2.05, 4.69) is 0 Å². The zero-order valence-corrected chi connectivity index (χ0v) is 19.9. The average Bonchev–Trinajstić information content (AvgIpc) is 2.85. The van der Waals surface area contributed by atoms with Gasteiger partial charge < -0.3 is 13.9 Å². The highest BCUT2D eigenvalue weighted by atomic mass is 19.4. The minimum absolute atomic E-state index is 0.0374.